The zero-order chi connectivity index (χ0) is 24.2. The number of rotatable bonds is 6. The highest BCUT2D eigenvalue weighted by atomic mass is 35.5. The van der Waals surface area contributed by atoms with Gasteiger partial charge in [0.1, 0.15) is 11.6 Å². The van der Waals surface area contributed by atoms with Crippen molar-refractivity contribution in [2.45, 2.75) is 6.92 Å². The van der Waals surface area contributed by atoms with E-state index in [0.29, 0.717) is 31.4 Å². The Bertz CT molecular complexity index is 1290. The van der Waals surface area contributed by atoms with Crippen LogP contribution >= 0.6 is 35.6 Å². The Morgan fingerprint density at radius 1 is 1.15 bits per heavy atom. The number of carbonyl (C=O) groups is 2. The molecule has 0 spiro atoms. The van der Waals surface area contributed by atoms with Crippen molar-refractivity contribution in [3.63, 3.8) is 0 Å². The molecule has 0 saturated carbocycles. The highest BCUT2D eigenvalue weighted by Gasteiger charge is 2.33. The van der Waals surface area contributed by atoms with E-state index < -0.39 is 0 Å². The van der Waals surface area contributed by atoms with Gasteiger partial charge in [-0.2, -0.15) is 0 Å². The number of hydrogen-bond donors (Lipinski definition) is 1. The van der Waals surface area contributed by atoms with Crippen molar-refractivity contribution in [1.29, 1.82) is 0 Å². The van der Waals surface area contributed by atoms with Gasteiger partial charge in [-0.15, -0.1) is 0 Å². The Kier molecular flexibility index (Phi) is 7.31. The van der Waals surface area contributed by atoms with Crippen LogP contribution in [0, 0.1) is 12.7 Å². The van der Waals surface area contributed by atoms with Crippen LogP contribution in [0.4, 0.5) is 15.8 Å². The molecular weight excluding hydrogens is 495 g/mol. The fourth-order valence-electron chi connectivity index (χ4n) is 3.16. The van der Waals surface area contributed by atoms with E-state index in [4.69, 9.17) is 28.6 Å². The van der Waals surface area contributed by atoms with Gasteiger partial charge in [-0.3, -0.25) is 14.5 Å². The fourth-order valence-corrected chi connectivity index (χ4v) is 4.63. The zero-order valence-electron chi connectivity index (χ0n) is 17.9. The van der Waals surface area contributed by atoms with Gasteiger partial charge in [-0.25, -0.2) is 4.39 Å². The lowest BCUT2D eigenvalue weighted by atomic mass is 10.2. The molecule has 3 aromatic rings. The van der Waals surface area contributed by atoms with E-state index in [1.165, 1.54) is 40.9 Å². The van der Waals surface area contributed by atoms with Crippen molar-refractivity contribution in [2.75, 3.05) is 16.8 Å². The molecule has 1 fully saturated rings. The van der Waals surface area contributed by atoms with Crippen LogP contribution in [0.2, 0.25) is 5.02 Å². The first-order valence-electron chi connectivity index (χ1n) is 10.1. The summed E-state index contributed by atoms with van der Waals surface area (Å²) in [5.74, 6) is -0.452. The van der Waals surface area contributed by atoms with E-state index in [2.05, 4.69) is 5.32 Å². The second-order valence-electron chi connectivity index (χ2n) is 7.36. The molecule has 9 heteroatoms. The van der Waals surface area contributed by atoms with Gasteiger partial charge in [0, 0.05) is 10.7 Å². The fraction of sp³-hybridized carbons (Fsp3) is 0.0800. The quantitative estimate of drug-likeness (QED) is 0.314. The van der Waals surface area contributed by atoms with Crippen LogP contribution in [-0.4, -0.2) is 22.7 Å². The number of benzene rings is 3. The summed E-state index contributed by atoms with van der Waals surface area (Å²) in [7, 11) is 0. The second-order valence-corrected chi connectivity index (χ2v) is 9.47. The summed E-state index contributed by atoms with van der Waals surface area (Å²) in [4.78, 5) is 26.9. The average molecular weight is 513 g/mol. The van der Waals surface area contributed by atoms with Crippen molar-refractivity contribution >= 4 is 69.2 Å². The van der Waals surface area contributed by atoms with Gasteiger partial charge in [0.25, 0.3) is 11.8 Å². The van der Waals surface area contributed by atoms with Crippen LogP contribution in [0.5, 0.6) is 5.75 Å². The van der Waals surface area contributed by atoms with E-state index in [-0.39, 0.29) is 24.2 Å². The minimum Gasteiger partial charge on any atom is -0.484 e. The van der Waals surface area contributed by atoms with Crippen molar-refractivity contribution < 1.29 is 18.7 Å². The van der Waals surface area contributed by atoms with E-state index in [1.807, 2.05) is 13.0 Å². The van der Waals surface area contributed by atoms with Gasteiger partial charge in [0.15, 0.2) is 10.9 Å². The normalized spacial score (nSPS) is 14.6. The number of hydrogen-bond acceptors (Lipinski definition) is 5. The number of carbonyl (C=O) groups excluding carboxylic acids is 2. The third kappa shape index (κ3) is 5.64. The molecule has 0 atom stereocenters. The number of anilines is 2. The highest BCUT2D eigenvalue weighted by Crippen LogP contribution is 2.36. The molecule has 1 saturated heterocycles. The van der Waals surface area contributed by atoms with Gasteiger partial charge in [0.05, 0.1) is 10.6 Å². The molecule has 0 aliphatic carbocycles. The Balaban J connectivity index is 1.37. The van der Waals surface area contributed by atoms with E-state index in [0.717, 1.165) is 11.1 Å². The Morgan fingerprint density at radius 2 is 1.85 bits per heavy atom. The van der Waals surface area contributed by atoms with E-state index >= 15 is 0 Å². The molecule has 0 radical (unpaired) electrons. The van der Waals surface area contributed by atoms with Gasteiger partial charge >= 0.3 is 0 Å². The van der Waals surface area contributed by atoms with E-state index in [1.54, 1.807) is 42.5 Å². The monoisotopic (exact) mass is 512 g/mol. The summed E-state index contributed by atoms with van der Waals surface area (Å²) in [6.45, 7) is 1.71. The topological polar surface area (TPSA) is 58.6 Å². The van der Waals surface area contributed by atoms with Crippen LogP contribution in [0.3, 0.4) is 0 Å². The summed E-state index contributed by atoms with van der Waals surface area (Å²) >= 11 is 12.5. The second kappa shape index (κ2) is 10.4. The number of thiocarbonyl (C=S) groups is 1. The number of nitrogens with one attached hydrogen (secondary N) is 1. The molecule has 2 amide bonds. The molecule has 0 aromatic heterocycles. The summed E-state index contributed by atoms with van der Waals surface area (Å²) in [6.07, 6.45) is 1.72. The molecular formula is C25H18ClFN2O3S2. The van der Waals surface area contributed by atoms with Gasteiger partial charge < -0.3 is 10.1 Å². The zero-order valence-corrected chi connectivity index (χ0v) is 20.3. The maximum atomic E-state index is 13.2. The minimum atomic E-state index is -0.385. The standard InChI is InChI=1S/C25H18ClFN2O3S2/c1-15-2-5-17(26)13-21(15)28-23(30)14-32-20-10-3-16(4-11-20)12-22-24(31)29(25(33)34-22)19-8-6-18(27)7-9-19/h2-13H,14H2,1H3,(H,28,30)/b22-12-. The molecule has 1 heterocycles. The molecule has 1 aliphatic heterocycles. The lowest BCUT2D eigenvalue weighted by Crippen LogP contribution is -2.27. The third-order valence-electron chi connectivity index (χ3n) is 4.90. The Hall–Kier alpha value is -3.20. The number of ether oxygens (including phenoxy) is 1. The van der Waals surface area contributed by atoms with Gasteiger partial charge in [0.2, 0.25) is 0 Å². The van der Waals surface area contributed by atoms with Crippen molar-refractivity contribution in [3.8, 4) is 5.75 Å². The van der Waals surface area contributed by atoms with Crippen LogP contribution < -0.4 is 15.0 Å². The lowest BCUT2D eigenvalue weighted by Gasteiger charge is -2.14. The maximum absolute atomic E-state index is 13.2. The summed E-state index contributed by atoms with van der Waals surface area (Å²) in [5.41, 5.74) is 2.81. The smallest absolute Gasteiger partial charge is 0.270 e. The van der Waals surface area contributed by atoms with E-state index in [9.17, 15) is 14.0 Å². The number of aryl methyl sites for hydroxylation is 1. The lowest BCUT2D eigenvalue weighted by molar-refractivity contribution is -0.118. The van der Waals surface area contributed by atoms with Gasteiger partial charge in [-0.05, 0) is 72.7 Å². The largest absolute Gasteiger partial charge is 0.484 e. The highest BCUT2D eigenvalue weighted by molar-refractivity contribution is 8.27. The molecule has 3 aromatic carbocycles. The summed E-state index contributed by atoms with van der Waals surface area (Å²) in [5, 5.41) is 3.31. The van der Waals surface area contributed by atoms with Crippen molar-refractivity contribution in [3.05, 3.63) is 93.6 Å². The summed E-state index contributed by atoms with van der Waals surface area (Å²) in [6, 6.07) is 17.8. The Morgan fingerprint density at radius 3 is 2.56 bits per heavy atom. The van der Waals surface area contributed by atoms with Crippen LogP contribution in [0.1, 0.15) is 11.1 Å². The number of amides is 2. The number of halogens is 2. The first-order chi connectivity index (χ1) is 16.3. The summed E-state index contributed by atoms with van der Waals surface area (Å²) < 4.78 is 19.1. The molecule has 0 bridgehead atoms. The van der Waals surface area contributed by atoms with Crippen molar-refractivity contribution in [2.24, 2.45) is 0 Å². The first kappa shape index (κ1) is 23.9. The molecule has 34 heavy (non-hydrogen) atoms. The van der Waals surface area contributed by atoms with Crippen LogP contribution in [-0.2, 0) is 9.59 Å². The first-order valence-corrected chi connectivity index (χ1v) is 11.7. The van der Waals surface area contributed by atoms with Crippen molar-refractivity contribution in [1.82, 2.24) is 0 Å². The molecule has 0 unspecified atom stereocenters. The maximum Gasteiger partial charge on any atom is 0.270 e. The molecule has 1 aliphatic rings. The minimum absolute atomic E-state index is 0.165. The predicted molar refractivity (Wildman–Crippen MR) is 139 cm³/mol. The van der Waals surface area contributed by atoms with Crippen LogP contribution in [0.15, 0.2) is 71.6 Å². The van der Waals surface area contributed by atoms with Crippen LogP contribution in [0.25, 0.3) is 6.08 Å². The molecule has 5 nitrogen and oxygen atoms in total. The molecule has 1 N–H and O–H groups in total. The van der Waals surface area contributed by atoms with Gasteiger partial charge in [-0.1, -0.05) is 53.8 Å². The number of nitrogens with zero attached hydrogens (tertiary/aromatic N) is 1. The third-order valence-corrected chi connectivity index (χ3v) is 6.44. The molecule has 172 valence electrons. The SMILES string of the molecule is Cc1ccc(Cl)cc1NC(=O)COc1ccc(/C=C2\SC(=S)N(c3ccc(F)cc3)C2=O)cc1. The number of thioether (sulfide) groups is 1. The Labute approximate surface area is 210 Å². The average Bonchev–Trinajstić information content (AvgIpc) is 3.09. The predicted octanol–water partition coefficient (Wildman–Crippen LogP) is 6.21. The molecule has 4 rings (SSSR count).